The molecule has 8 heteroatoms. The molecule has 0 aliphatic carbocycles. The Morgan fingerprint density at radius 1 is 1.47 bits per heavy atom. The Morgan fingerprint density at radius 3 is 2.71 bits per heavy atom. The Morgan fingerprint density at radius 2 is 2.18 bits per heavy atom. The molecule has 0 bridgehead atoms. The molecule has 2 rings (SSSR count). The van der Waals surface area contributed by atoms with E-state index in [1.54, 1.807) is 18.2 Å². The summed E-state index contributed by atoms with van der Waals surface area (Å²) in [6.07, 6.45) is 0. The number of methoxy groups -OCH3 is 1. The van der Waals surface area contributed by atoms with Gasteiger partial charge in [-0.2, -0.15) is 8.42 Å². The summed E-state index contributed by atoms with van der Waals surface area (Å²) in [6.45, 7) is -0.223. The largest absolute Gasteiger partial charge is 0.495 e. The van der Waals surface area contributed by atoms with Crippen LogP contribution in [0.25, 0.3) is 0 Å². The van der Waals surface area contributed by atoms with Crippen LogP contribution in [-0.4, -0.2) is 28.0 Å². The SMILES string of the molecule is COc1ccc(I)cc1N1CC(=O)NS1(=O)=O. The zero-order valence-corrected chi connectivity index (χ0v) is 11.8. The van der Waals surface area contributed by atoms with E-state index in [1.165, 1.54) is 7.11 Å². The van der Waals surface area contributed by atoms with E-state index >= 15 is 0 Å². The smallest absolute Gasteiger partial charge is 0.326 e. The summed E-state index contributed by atoms with van der Waals surface area (Å²) in [5, 5.41) is 0. The maximum absolute atomic E-state index is 11.7. The summed E-state index contributed by atoms with van der Waals surface area (Å²) in [5.41, 5.74) is 0.359. The second-order valence-electron chi connectivity index (χ2n) is 3.35. The first kappa shape index (κ1) is 12.4. The van der Waals surface area contributed by atoms with Gasteiger partial charge in [0.05, 0.1) is 12.8 Å². The van der Waals surface area contributed by atoms with Crippen molar-refractivity contribution < 1.29 is 17.9 Å². The van der Waals surface area contributed by atoms with E-state index < -0.39 is 16.1 Å². The molecule has 1 aliphatic rings. The molecular weight excluding hydrogens is 359 g/mol. The minimum atomic E-state index is -3.79. The van der Waals surface area contributed by atoms with Gasteiger partial charge < -0.3 is 4.74 Å². The molecule has 1 saturated heterocycles. The average Bonchev–Trinajstić information content (AvgIpc) is 2.51. The lowest BCUT2D eigenvalue weighted by atomic mass is 10.3. The van der Waals surface area contributed by atoms with Crippen molar-refractivity contribution in [2.75, 3.05) is 18.0 Å². The summed E-state index contributed by atoms with van der Waals surface area (Å²) >= 11 is 2.06. The van der Waals surface area contributed by atoms with Crippen molar-refractivity contribution in [3.63, 3.8) is 0 Å². The van der Waals surface area contributed by atoms with E-state index in [2.05, 4.69) is 22.6 Å². The second-order valence-corrected chi connectivity index (χ2v) is 6.19. The Bertz CT molecular complexity index is 572. The molecule has 0 atom stereocenters. The van der Waals surface area contributed by atoms with Gasteiger partial charge in [0.15, 0.2) is 0 Å². The van der Waals surface area contributed by atoms with Gasteiger partial charge in [-0.15, -0.1) is 0 Å². The number of carbonyl (C=O) groups excluding carboxylic acids is 1. The molecule has 0 unspecified atom stereocenters. The van der Waals surface area contributed by atoms with Crippen LogP contribution >= 0.6 is 22.6 Å². The Hall–Kier alpha value is -1.03. The van der Waals surface area contributed by atoms with Crippen LogP contribution in [0, 0.1) is 3.57 Å². The number of anilines is 1. The van der Waals surface area contributed by atoms with Crippen LogP contribution in [-0.2, 0) is 15.0 Å². The molecule has 1 heterocycles. The summed E-state index contributed by atoms with van der Waals surface area (Å²) < 4.78 is 32.2. The van der Waals surface area contributed by atoms with E-state index in [4.69, 9.17) is 4.74 Å². The number of benzene rings is 1. The number of carbonyl (C=O) groups is 1. The standard InChI is InChI=1S/C9H9IN2O4S/c1-16-8-3-2-6(10)4-7(8)12-5-9(13)11-17(12,14)15/h2-4H,5H2,1H3,(H,11,13). The molecule has 0 saturated carbocycles. The highest BCUT2D eigenvalue weighted by Crippen LogP contribution is 2.32. The first-order valence-electron chi connectivity index (χ1n) is 4.61. The van der Waals surface area contributed by atoms with Crippen LogP contribution in [0.1, 0.15) is 0 Å². The fraction of sp³-hybridized carbons (Fsp3) is 0.222. The van der Waals surface area contributed by atoms with Crippen LogP contribution in [0.5, 0.6) is 5.75 Å². The van der Waals surface area contributed by atoms with Gasteiger partial charge >= 0.3 is 10.2 Å². The molecule has 17 heavy (non-hydrogen) atoms. The Balaban J connectivity index is 2.54. The lowest BCUT2D eigenvalue weighted by molar-refractivity contribution is -0.117. The van der Waals surface area contributed by atoms with Crippen LogP contribution < -0.4 is 13.8 Å². The molecule has 0 aromatic heterocycles. The second kappa shape index (κ2) is 4.33. The number of halogens is 1. The predicted molar refractivity (Wildman–Crippen MR) is 70.1 cm³/mol. The zero-order valence-electron chi connectivity index (χ0n) is 8.81. The number of hydrogen-bond acceptors (Lipinski definition) is 4. The average molecular weight is 368 g/mol. The summed E-state index contributed by atoms with van der Waals surface area (Å²) in [6, 6.07) is 5.10. The molecule has 1 amide bonds. The van der Waals surface area contributed by atoms with Gasteiger partial charge in [0, 0.05) is 3.57 Å². The van der Waals surface area contributed by atoms with Gasteiger partial charge in [0.1, 0.15) is 12.3 Å². The fourth-order valence-corrected chi connectivity index (χ4v) is 3.15. The third-order valence-electron chi connectivity index (χ3n) is 2.23. The van der Waals surface area contributed by atoms with E-state index in [9.17, 15) is 13.2 Å². The highest BCUT2D eigenvalue weighted by atomic mass is 127. The molecule has 0 radical (unpaired) electrons. The van der Waals surface area contributed by atoms with Gasteiger partial charge in [0.2, 0.25) is 0 Å². The molecule has 1 N–H and O–H groups in total. The summed E-state index contributed by atoms with van der Waals surface area (Å²) in [5.74, 6) is -0.142. The van der Waals surface area contributed by atoms with E-state index in [0.29, 0.717) is 11.4 Å². The first-order chi connectivity index (χ1) is 7.94. The minimum absolute atomic E-state index is 0.223. The highest BCUT2D eigenvalue weighted by molar-refractivity contribution is 14.1. The van der Waals surface area contributed by atoms with Gasteiger partial charge in [-0.3, -0.25) is 4.79 Å². The number of hydrogen-bond donors (Lipinski definition) is 1. The number of nitrogens with zero attached hydrogens (tertiary/aromatic N) is 1. The van der Waals surface area contributed by atoms with Gasteiger partial charge in [-0.1, -0.05) is 0 Å². The van der Waals surface area contributed by atoms with Gasteiger partial charge in [-0.05, 0) is 40.8 Å². The number of ether oxygens (including phenoxy) is 1. The van der Waals surface area contributed by atoms with Crippen molar-refractivity contribution in [3.05, 3.63) is 21.8 Å². The molecule has 1 aromatic carbocycles. The van der Waals surface area contributed by atoms with E-state index in [-0.39, 0.29) is 6.54 Å². The third-order valence-corrected chi connectivity index (χ3v) is 4.29. The van der Waals surface area contributed by atoms with Gasteiger partial charge in [0.25, 0.3) is 5.91 Å². The summed E-state index contributed by atoms with van der Waals surface area (Å²) in [7, 11) is -2.34. The van der Waals surface area contributed by atoms with Crippen LogP contribution in [0.15, 0.2) is 18.2 Å². The maximum atomic E-state index is 11.7. The van der Waals surface area contributed by atoms with Gasteiger partial charge in [-0.25, -0.2) is 9.03 Å². The van der Waals surface area contributed by atoms with Crippen molar-refractivity contribution in [2.45, 2.75) is 0 Å². The van der Waals surface area contributed by atoms with Crippen LogP contribution in [0.2, 0.25) is 0 Å². The van der Waals surface area contributed by atoms with Crippen LogP contribution in [0.3, 0.4) is 0 Å². The fourth-order valence-electron chi connectivity index (χ4n) is 1.52. The zero-order chi connectivity index (χ0) is 12.6. The van der Waals surface area contributed by atoms with Crippen molar-refractivity contribution >= 4 is 44.4 Å². The van der Waals surface area contributed by atoms with E-state index in [0.717, 1.165) is 7.88 Å². The lowest BCUT2D eigenvalue weighted by Gasteiger charge is -2.17. The molecule has 0 spiro atoms. The topological polar surface area (TPSA) is 75.7 Å². The van der Waals surface area contributed by atoms with Crippen molar-refractivity contribution in [3.8, 4) is 5.75 Å². The molecule has 1 fully saturated rings. The number of amides is 1. The number of rotatable bonds is 2. The van der Waals surface area contributed by atoms with E-state index in [1.807, 2.05) is 4.72 Å². The minimum Gasteiger partial charge on any atom is -0.495 e. The molecule has 1 aliphatic heterocycles. The molecule has 6 nitrogen and oxygen atoms in total. The summed E-state index contributed by atoms with van der Waals surface area (Å²) in [4.78, 5) is 11.2. The van der Waals surface area contributed by atoms with Crippen molar-refractivity contribution in [2.24, 2.45) is 0 Å². The highest BCUT2D eigenvalue weighted by Gasteiger charge is 2.35. The lowest BCUT2D eigenvalue weighted by Crippen LogP contribution is -2.29. The predicted octanol–water partition coefficient (Wildman–Crippen LogP) is 0.481. The molecule has 1 aromatic rings. The normalized spacial score (nSPS) is 18.0. The third kappa shape index (κ3) is 2.32. The monoisotopic (exact) mass is 368 g/mol. The Labute approximate surface area is 112 Å². The number of nitrogens with one attached hydrogen (secondary N) is 1. The van der Waals surface area contributed by atoms with Crippen molar-refractivity contribution in [1.29, 1.82) is 0 Å². The van der Waals surface area contributed by atoms with Crippen LogP contribution in [0.4, 0.5) is 5.69 Å². The molecular formula is C9H9IN2O4S. The maximum Gasteiger partial charge on any atom is 0.326 e. The Kier molecular flexibility index (Phi) is 3.17. The van der Waals surface area contributed by atoms with Crippen molar-refractivity contribution in [1.82, 2.24) is 4.72 Å². The quantitative estimate of drug-likeness (QED) is 0.771. The molecule has 92 valence electrons. The first-order valence-corrected chi connectivity index (χ1v) is 7.13.